The maximum absolute atomic E-state index is 12.8. The van der Waals surface area contributed by atoms with Crippen LogP contribution in [0.15, 0.2) is 24.3 Å². The highest BCUT2D eigenvalue weighted by atomic mass is 16.2. The molecule has 3 aliphatic heterocycles. The zero-order chi connectivity index (χ0) is 18.1. The Morgan fingerprint density at radius 1 is 1.12 bits per heavy atom. The van der Waals surface area contributed by atoms with Crippen LogP contribution < -0.4 is 4.90 Å². The van der Waals surface area contributed by atoms with E-state index in [1.807, 2.05) is 22.9 Å². The van der Waals surface area contributed by atoms with Crippen LogP contribution in [0.1, 0.15) is 37.7 Å². The molecule has 2 saturated heterocycles. The molecular formula is C21H29N3O2. The molecule has 1 atom stereocenters. The summed E-state index contributed by atoms with van der Waals surface area (Å²) >= 11 is 0. The number of nitrogens with zero attached hydrogens (tertiary/aromatic N) is 3. The Labute approximate surface area is 155 Å². The fraction of sp³-hybridized carbons (Fsp3) is 0.619. The van der Waals surface area contributed by atoms with Gasteiger partial charge in [-0.1, -0.05) is 18.2 Å². The van der Waals surface area contributed by atoms with Crippen molar-refractivity contribution >= 4 is 17.5 Å². The molecule has 3 heterocycles. The van der Waals surface area contributed by atoms with Gasteiger partial charge in [-0.05, 0) is 50.3 Å². The van der Waals surface area contributed by atoms with E-state index >= 15 is 0 Å². The van der Waals surface area contributed by atoms with Gasteiger partial charge in [0.25, 0.3) is 0 Å². The molecule has 0 bridgehead atoms. The number of piperidine rings is 1. The summed E-state index contributed by atoms with van der Waals surface area (Å²) in [4.78, 5) is 31.6. The number of benzene rings is 1. The molecule has 5 heteroatoms. The zero-order valence-corrected chi connectivity index (χ0v) is 15.7. The number of likely N-dealkylation sites (tertiary alicyclic amines) is 2. The molecule has 3 aliphatic rings. The van der Waals surface area contributed by atoms with Crippen molar-refractivity contribution in [3.05, 3.63) is 29.8 Å². The maximum atomic E-state index is 12.8. The molecule has 0 aromatic heterocycles. The molecule has 2 amide bonds. The number of hydrogen-bond donors (Lipinski definition) is 0. The summed E-state index contributed by atoms with van der Waals surface area (Å²) in [6.45, 7) is 4.22. The number of amides is 2. The summed E-state index contributed by atoms with van der Waals surface area (Å²) in [5.74, 6) is 0.521. The Balaban J connectivity index is 1.36. The molecule has 0 radical (unpaired) electrons. The standard InChI is InChI=1S/C21H29N3O2/c1-22-12-5-10-21(20(22)26)11-15-23(16-21)14-9-19(25)24-13-4-7-17-6-2-3-8-18(17)24/h2-3,6,8H,4-5,7,9-16H2,1H3. The van der Waals surface area contributed by atoms with Gasteiger partial charge in [-0.3, -0.25) is 9.59 Å². The lowest BCUT2D eigenvalue weighted by molar-refractivity contribution is -0.143. The Kier molecular flexibility index (Phi) is 4.74. The summed E-state index contributed by atoms with van der Waals surface area (Å²) in [6.07, 6.45) is 5.67. The molecule has 26 heavy (non-hydrogen) atoms. The van der Waals surface area contributed by atoms with Gasteiger partial charge in [0, 0.05) is 45.3 Å². The van der Waals surface area contributed by atoms with Gasteiger partial charge in [-0.25, -0.2) is 0 Å². The molecular weight excluding hydrogens is 326 g/mol. The van der Waals surface area contributed by atoms with E-state index in [-0.39, 0.29) is 11.3 Å². The molecule has 0 N–H and O–H groups in total. The number of fused-ring (bicyclic) bond motifs is 1. The Morgan fingerprint density at radius 3 is 2.85 bits per heavy atom. The van der Waals surface area contributed by atoms with E-state index in [0.717, 1.165) is 70.5 Å². The molecule has 1 aromatic carbocycles. The first-order chi connectivity index (χ1) is 12.6. The van der Waals surface area contributed by atoms with Gasteiger partial charge in [0.2, 0.25) is 11.8 Å². The summed E-state index contributed by atoms with van der Waals surface area (Å²) in [5.41, 5.74) is 2.18. The van der Waals surface area contributed by atoms with Crippen LogP contribution in [0.3, 0.4) is 0 Å². The Hall–Kier alpha value is -1.88. The van der Waals surface area contributed by atoms with E-state index in [1.54, 1.807) is 0 Å². The summed E-state index contributed by atoms with van der Waals surface area (Å²) < 4.78 is 0. The van der Waals surface area contributed by atoms with Crippen molar-refractivity contribution in [3.8, 4) is 0 Å². The molecule has 0 aliphatic carbocycles. The van der Waals surface area contributed by atoms with Crippen LogP contribution >= 0.6 is 0 Å². The van der Waals surface area contributed by atoms with E-state index in [9.17, 15) is 9.59 Å². The smallest absolute Gasteiger partial charge is 0.229 e. The predicted molar refractivity (Wildman–Crippen MR) is 102 cm³/mol. The van der Waals surface area contributed by atoms with Crippen molar-refractivity contribution in [2.75, 3.05) is 44.7 Å². The molecule has 1 aromatic rings. The van der Waals surface area contributed by atoms with Gasteiger partial charge in [0.1, 0.15) is 0 Å². The normalized spacial score (nSPS) is 26.4. The molecule has 0 saturated carbocycles. The summed E-state index contributed by atoms with van der Waals surface area (Å²) in [7, 11) is 1.92. The fourth-order valence-electron chi connectivity index (χ4n) is 4.98. The number of para-hydroxylation sites is 1. The predicted octanol–water partition coefficient (Wildman–Crippen LogP) is 2.30. The lowest BCUT2D eigenvalue weighted by atomic mass is 9.78. The average Bonchev–Trinajstić information content (AvgIpc) is 3.08. The minimum absolute atomic E-state index is 0.187. The third-order valence-corrected chi connectivity index (χ3v) is 6.44. The maximum Gasteiger partial charge on any atom is 0.229 e. The highest BCUT2D eigenvalue weighted by molar-refractivity contribution is 5.94. The second kappa shape index (κ2) is 7.03. The van der Waals surface area contributed by atoms with Crippen LogP contribution in [0, 0.1) is 5.41 Å². The van der Waals surface area contributed by atoms with E-state index < -0.39 is 0 Å². The number of carbonyl (C=O) groups is 2. The van der Waals surface area contributed by atoms with Crippen LogP contribution in [-0.2, 0) is 16.0 Å². The van der Waals surface area contributed by atoms with Crippen LogP contribution in [0.5, 0.6) is 0 Å². The number of aryl methyl sites for hydroxylation is 1. The number of carbonyl (C=O) groups excluding carboxylic acids is 2. The lowest BCUT2D eigenvalue weighted by Gasteiger charge is -2.37. The van der Waals surface area contributed by atoms with Crippen molar-refractivity contribution in [2.45, 2.75) is 38.5 Å². The van der Waals surface area contributed by atoms with Gasteiger partial charge < -0.3 is 14.7 Å². The van der Waals surface area contributed by atoms with Gasteiger partial charge in [-0.15, -0.1) is 0 Å². The molecule has 1 spiro atoms. The van der Waals surface area contributed by atoms with E-state index in [2.05, 4.69) is 23.1 Å². The lowest BCUT2D eigenvalue weighted by Crippen LogP contribution is -2.48. The second-order valence-corrected chi connectivity index (χ2v) is 8.16. The SMILES string of the molecule is CN1CCCC2(CCN(CCC(=O)N3CCCc4ccccc43)C2)C1=O. The topological polar surface area (TPSA) is 43.9 Å². The van der Waals surface area contributed by atoms with Crippen molar-refractivity contribution in [2.24, 2.45) is 5.41 Å². The molecule has 2 fully saturated rings. The Bertz CT molecular complexity index is 704. The van der Waals surface area contributed by atoms with Crippen molar-refractivity contribution in [1.29, 1.82) is 0 Å². The van der Waals surface area contributed by atoms with Gasteiger partial charge in [0.15, 0.2) is 0 Å². The minimum atomic E-state index is -0.187. The highest BCUT2D eigenvalue weighted by Crippen LogP contribution is 2.39. The van der Waals surface area contributed by atoms with Crippen LogP contribution in [0.4, 0.5) is 5.69 Å². The second-order valence-electron chi connectivity index (χ2n) is 8.16. The minimum Gasteiger partial charge on any atom is -0.345 e. The van der Waals surface area contributed by atoms with Crippen LogP contribution in [0.25, 0.3) is 0 Å². The first kappa shape index (κ1) is 17.5. The average molecular weight is 355 g/mol. The van der Waals surface area contributed by atoms with Crippen LogP contribution in [-0.4, -0.2) is 61.4 Å². The number of rotatable bonds is 3. The third kappa shape index (κ3) is 3.13. The first-order valence-corrected chi connectivity index (χ1v) is 9.95. The quantitative estimate of drug-likeness (QED) is 0.836. The van der Waals surface area contributed by atoms with Crippen molar-refractivity contribution in [1.82, 2.24) is 9.80 Å². The van der Waals surface area contributed by atoms with Gasteiger partial charge >= 0.3 is 0 Å². The highest BCUT2D eigenvalue weighted by Gasteiger charge is 2.47. The number of hydrogen-bond acceptors (Lipinski definition) is 3. The van der Waals surface area contributed by atoms with E-state index in [1.165, 1.54) is 5.56 Å². The molecule has 140 valence electrons. The largest absolute Gasteiger partial charge is 0.345 e. The Morgan fingerprint density at radius 2 is 1.96 bits per heavy atom. The van der Waals surface area contributed by atoms with Crippen molar-refractivity contribution in [3.63, 3.8) is 0 Å². The fourth-order valence-corrected chi connectivity index (χ4v) is 4.98. The summed E-state index contributed by atoms with van der Waals surface area (Å²) in [6, 6.07) is 8.26. The van der Waals surface area contributed by atoms with Crippen molar-refractivity contribution < 1.29 is 9.59 Å². The van der Waals surface area contributed by atoms with E-state index in [4.69, 9.17) is 0 Å². The third-order valence-electron chi connectivity index (χ3n) is 6.44. The van der Waals surface area contributed by atoms with Crippen LogP contribution in [0.2, 0.25) is 0 Å². The monoisotopic (exact) mass is 355 g/mol. The molecule has 1 unspecified atom stereocenters. The molecule has 5 nitrogen and oxygen atoms in total. The van der Waals surface area contributed by atoms with Gasteiger partial charge in [-0.2, -0.15) is 0 Å². The molecule has 4 rings (SSSR count). The number of anilines is 1. The summed E-state index contributed by atoms with van der Waals surface area (Å²) in [5, 5.41) is 0. The zero-order valence-electron chi connectivity index (χ0n) is 15.7. The van der Waals surface area contributed by atoms with E-state index in [0.29, 0.717) is 12.3 Å². The van der Waals surface area contributed by atoms with Gasteiger partial charge in [0.05, 0.1) is 5.41 Å². The first-order valence-electron chi connectivity index (χ1n) is 9.95.